The van der Waals surface area contributed by atoms with E-state index >= 15 is 0 Å². The molecule has 2 N–H and O–H groups in total. The molecular weight excluding hydrogens is 264 g/mol. The lowest BCUT2D eigenvalue weighted by Gasteiger charge is -2.10. The highest BCUT2D eigenvalue weighted by Crippen LogP contribution is 2.11. The minimum absolute atomic E-state index is 0.0380. The number of sulfonamides is 1. The second-order valence-electron chi connectivity index (χ2n) is 4.57. The molecule has 0 aromatic heterocycles. The van der Waals surface area contributed by atoms with Gasteiger partial charge >= 0.3 is 0 Å². The minimum Gasteiger partial charge on any atom is -0.378 e. The molecule has 108 valence electrons. The maximum Gasteiger partial charge on any atom is 0.234 e. The summed E-state index contributed by atoms with van der Waals surface area (Å²) in [5.41, 5.74) is 1.68. The standard InChI is InChI=1S/C13H22N2O3S/c1-11(2)18-8-9-19(16,17)15-13-6-4-12(5-7-13)10-14-3/h4-7,11,14-15H,8-10H2,1-3H3. The molecule has 0 aliphatic rings. The third kappa shape index (κ3) is 6.56. The normalized spacial score (nSPS) is 11.8. The average Bonchev–Trinajstić information content (AvgIpc) is 2.31. The summed E-state index contributed by atoms with van der Waals surface area (Å²) in [6, 6.07) is 7.29. The van der Waals surface area contributed by atoms with E-state index in [-0.39, 0.29) is 18.5 Å². The van der Waals surface area contributed by atoms with Gasteiger partial charge in [-0.1, -0.05) is 12.1 Å². The van der Waals surface area contributed by atoms with Gasteiger partial charge in [-0.2, -0.15) is 0 Å². The molecule has 0 saturated carbocycles. The molecule has 1 rings (SSSR count). The first-order chi connectivity index (χ1) is 8.93. The van der Waals surface area contributed by atoms with Crippen molar-refractivity contribution in [2.75, 3.05) is 24.1 Å². The van der Waals surface area contributed by atoms with Gasteiger partial charge in [0.05, 0.1) is 18.5 Å². The molecule has 0 amide bonds. The van der Waals surface area contributed by atoms with E-state index in [0.717, 1.165) is 12.1 Å². The molecule has 5 nitrogen and oxygen atoms in total. The van der Waals surface area contributed by atoms with Crippen LogP contribution in [-0.4, -0.2) is 33.9 Å². The van der Waals surface area contributed by atoms with Gasteiger partial charge in [-0.05, 0) is 38.6 Å². The van der Waals surface area contributed by atoms with Crippen LogP contribution in [0, 0.1) is 0 Å². The number of nitrogens with one attached hydrogen (secondary N) is 2. The van der Waals surface area contributed by atoms with Gasteiger partial charge < -0.3 is 10.1 Å². The van der Waals surface area contributed by atoms with E-state index < -0.39 is 10.0 Å². The Morgan fingerprint density at radius 3 is 2.37 bits per heavy atom. The monoisotopic (exact) mass is 286 g/mol. The van der Waals surface area contributed by atoms with Crippen LogP contribution in [0.4, 0.5) is 5.69 Å². The van der Waals surface area contributed by atoms with Crippen molar-refractivity contribution in [1.29, 1.82) is 0 Å². The zero-order chi connectivity index (χ0) is 14.3. The fraction of sp³-hybridized carbons (Fsp3) is 0.538. The summed E-state index contributed by atoms with van der Waals surface area (Å²) in [4.78, 5) is 0. The molecule has 0 unspecified atom stereocenters. The summed E-state index contributed by atoms with van der Waals surface area (Å²) in [6.45, 7) is 4.71. The van der Waals surface area contributed by atoms with Crippen molar-refractivity contribution >= 4 is 15.7 Å². The van der Waals surface area contributed by atoms with Crippen LogP contribution in [0.2, 0.25) is 0 Å². The van der Waals surface area contributed by atoms with Gasteiger partial charge in [0.15, 0.2) is 0 Å². The Morgan fingerprint density at radius 2 is 1.84 bits per heavy atom. The maximum atomic E-state index is 11.8. The van der Waals surface area contributed by atoms with E-state index in [9.17, 15) is 8.42 Å². The van der Waals surface area contributed by atoms with Crippen molar-refractivity contribution in [2.24, 2.45) is 0 Å². The second-order valence-corrected chi connectivity index (χ2v) is 6.41. The Bertz CT molecular complexity index is 469. The Morgan fingerprint density at radius 1 is 1.21 bits per heavy atom. The van der Waals surface area contributed by atoms with Crippen molar-refractivity contribution in [3.63, 3.8) is 0 Å². The first kappa shape index (κ1) is 15.9. The van der Waals surface area contributed by atoms with Gasteiger partial charge in [0.1, 0.15) is 0 Å². The molecule has 0 radical (unpaired) electrons. The van der Waals surface area contributed by atoms with Crippen LogP contribution < -0.4 is 10.0 Å². The Kier molecular flexibility index (Phi) is 6.27. The van der Waals surface area contributed by atoms with Crippen LogP contribution in [0.1, 0.15) is 19.4 Å². The highest BCUT2D eigenvalue weighted by Gasteiger charge is 2.10. The molecule has 0 heterocycles. The zero-order valence-corrected chi connectivity index (χ0v) is 12.5. The van der Waals surface area contributed by atoms with Gasteiger partial charge in [-0.15, -0.1) is 0 Å². The third-order valence-electron chi connectivity index (χ3n) is 2.41. The lowest BCUT2D eigenvalue weighted by Crippen LogP contribution is -2.21. The van der Waals surface area contributed by atoms with Crippen LogP contribution in [0.25, 0.3) is 0 Å². The van der Waals surface area contributed by atoms with Gasteiger partial charge in [-0.25, -0.2) is 8.42 Å². The average molecular weight is 286 g/mol. The van der Waals surface area contributed by atoms with Crippen LogP contribution in [-0.2, 0) is 21.3 Å². The Hall–Kier alpha value is -1.11. The van der Waals surface area contributed by atoms with E-state index in [0.29, 0.717) is 5.69 Å². The Labute approximate surface area is 115 Å². The molecule has 6 heteroatoms. The van der Waals surface area contributed by atoms with Crippen LogP contribution in [0.5, 0.6) is 0 Å². The highest BCUT2D eigenvalue weighted by molar-refractivity contribution is 7.92. The predicted octanol–water partition coefficient (Wildman–Crippen LogP) is 1.57. The molecule has 0 bridgehead atoms. The van der Waals surface area contributed by atoms with Gasteiger partial charge in [0, 0.05) is 12.2 Å². The lowest BCUT2D eigenvalue weighted by molar-refractivity contribution is 0.0913. The molecule has 0 aliphatic heterocycles. The van der Waals surface area contributed by atoms with Crippen molar-refractivity contribution in [3.05, 3.63) is 29.8 Å². The zero-order valence-electron chi connectivity index (χ0n) is 11.6. The lowest BCUT2D eigenvalue weighted by atomic mass is 10.2. The number of rotatable bonds is 8. The van der Waals surface area contributed by atoms with E-state index in [2.05, 4.69) is 10.0 Å². The van der Waals surface area contributed by atoms with Crippen LogP contribution >= 0.6 is 0 Å². The van der Waals surface area contributed by atoms with Gasteiger partial charge in [0.25, 0.3) is 0 Å². The SMILES string of the molecule is CNCc1ccc(NS(=O)(=O)CCOC(C)C)cc1. The fourth-order valence-electron chi connectivity index (χ4n) is 1.52. The smallest absolute Gasteiger partial charge is 0.234 e. The minimum atomic E-state index is -3.35. The first-order valence-corrected chi connectivity index (χ1v) is 7.94. The summed E-state index contributed by atoms with van der Waals surface area (Å²) in [5, 5.41) is 3.03. The van der Waals surface area contributed by atoms with Crippen molar-refractivity contribution in [3.8, 4) is 0 Å². The summed E-state index contributed by atoms with van der Waals surface area (Å²) in [6.07, 6.45) is 0.0380. The van der Waals surface area contributed by atoms with Crippen molar-refractivity contribution in [1.82, 2.24) is 5.32 Å². The number of hydrogen-bond acceptors (Lipinski definition) is 4. The third-order valence-corrected chi connectivity index (χ3v) is 3.66. The topological polar surface area (TPSA) is 67.4 Å². The molecule has 0 atom stereocenters. The number of anilines is 1. The van der Waals surface area contributed by atoms with Gasteiger partial charge in [-0.3, -0.25) is 4.72 Å². The van der Waals surface area contributed by atoms with Crippen LogP contribution in [0.15, 0.2) is 24.3 Å². The van der Waals surface area contributed by atoms with Crippen molar-refractivity contribution in [2.45, 2.75) is 26.5 Å². The molecule has 0 fully saturated rings. The largest absolute Gasteiger partial charge is 0.378 e. The van der Waals surface area contributed by atoms with Crippen molar-refractivity contribution < 1.29 is 13.2 Å². The highest BCUT2D eigenvalue weighted by atomic mass is 32.2. The number of benzene rings is 1. The molecule has 19 heavy (non-hydrogen) atoms. The maximum absolute atomic E-state index is 11.8. The summed E-state index contributed by atoms with van der Waals surface area (Å²) in [5.74, 6) is -0.0382. The van der Waals surface area contributed by atoms with E-state index in [1.165, 1.54) is 0 Å². The van der Waals surface area contributed by atoms with E-state index in [4.69, 9.17) is 4.74 Å². The molecule has 1 aromatic rings. The molecular formula is C13H22N2O3S. The molecule has 0 aliphatic carbocycles. The quantitative estimate of drug-likeness (QED) is 0.761. The summed E-state index contributed by atoms with van der Waals surface area (Å²) >= 11 is 0. The number of hydrogen-bond donors (Lipinski definition) is 2. The Balaban J connectivity index is 2.52. The second kappa shape index (κ2) is 7.47. The summed E-state index contributed by atoms with van der Waals surface area (Å²) < 4.78 is 31.3. The van der Waals surface area contributed by atoms with Gasteiger partial charge in [0.2, 0.25) is 10.0 Å². The molecule has 0 saturated heterocycles. The molecule has 0 spiro atoms. The summed E-state index contributed by atoms with van der Waals surface area (Å²) in [7, 11) is -1.48. The molecule has 1 aromatic carbocycles. The van der Waals surface area contributed by atoms with Crippen LogP contribution in [0.3, 0.4) is 0 Å². The van der Waals surface area contributed by atoms with E-state index in [1.54, 1.807) is 12.1 Å². The first-order valence-electron chi connectivity index (χ1n) is 6.28. The predicted molar refractivity (Wildman–Crippen MR) is 77.7 cm³/mol. The van der Waals surface area contributed by atoms with E-state index in [1.807, 2.05) is 33.0 Å². The fourth-order valence-corrected chi connectivity index (χ4v) is 2.43. The number of ether oxygens (including phenoxy) is 1.